The van der Waals surface area contributed by atoms with Gasteiger partial charge >= 0.3 is 5.97 Å². The fourth-order valence-corrected chi connectivity index (χ4v) is 2.70. The minimum atomic E-state index is -1.16. The molecule has 0 radical (unpaired) electrons. The summed E-state index contributed by atoms with van der Waals surface area (Å²) in [5.41, 5.74) is 3.14. The Hall–Kier alpha value is -2.89. The standard InChI is InChI=1S/C18H20N2O4/c1-11-7-13(8-12(2)16(11)24-4)10-20(3)17(21)14-5-6-19-15(9-14)18(22)23/h5-9H,10H2,1-4H3,(H,22,23). The zero-order chi connectivity index (χ0) is 17.9. The van der Waals surface area contributed by atoms with E-state index in [4.69, 9.17) is 9.84 Å². The number of rotatable bonds is 5. The van der Waals surface area contributed by atoms with Gasteiger partial charge in [0.05, 0.1) is 7.11 Å². The first-order valence-corrected chi connectivity index (χ1v) is 7.42. The number of carbonyl (C=O) groups excluding carboxylic acids is 1. The lowest BCUT2D eigenvalue weighted by Crippen LogP contribution is -2.26. The Morgan fingerprint density at radius 3 is 2.38 bits per heavy atom. The van der Waals surface area contributed by atoms with E-state index in [0.29, 0.717) is 12.1 Å². The van der Waals surface area contributed by atoms with Crippen LogP contribution >= 0.6 is 0 Å². The first-order chi connectivity index (χ1) is 11.3. The maximum atomic E-state index is 12.5. The average molecular weight is 328 g/mol. The summed E-state index contributed by atoms with van der Waals surface area (Å²) in [7, 11) is 3.31. The summed E-state index contributed by atoms with van der Waals surface area (Å²) in [6.45, 7) is 4.33. The van der Waals surface area contributed by atoms with Gasteiger partial charge in [-0.1, -0.05) is 12.1 Å². The highest BCUT2D eigenvalue weighted by Crippen LogP contribution is 2.25. The van der Waals surface area contributed by atoms with Crippen molar-refractivity contribution in [1.82, 2.24) is 9.88 Å². The minimum absolute atomic E-state index is 0.148. The van der Waals surface area contributed by atoms with Crippen LogP contribution in [0.1, 0.15) is 37.5 Å². The third-order valence-corrected chi connectivity index (χ3v) is 3.72. The predicted octanol–water partition coefficient (Wildman–Crippen LogP) is 2.68. The minimum Gasteiger partial charge on any atom is -0.496 e. The SMILES string of the molecule is COc1c(C)cc(CN(C)C(=O)c2ccnc(C(=O)O)c2)cc1C. The average Bonchev–Trinajstić information content (AvgIpc) is 2.54. The van der Waals surface area contributed by atoms with Gasteiger partial charge in [0.1, 0.15) is 11.4 Å². The largest absolute Gasteiger partial charge is 0.496 e. The van der Waals surface area contributed by atoms with E-state index in [9.17, 15) is 9.59 Å². The molecule has 1 N–H and O–H groups in total. The number of aromatic nitrogens is 1. The molecule has 126 valence electrons. The van der Waals surface area contributed by atoms with Crippen molar-refractivity contribution in [3.8, 4) is 5.75 Å². The third kappa shape index (κ3) is 3.71. The summed E-state index contributed by atoms with van der Waals surface area (Å²) >= 11 is 0. The number of hydrogen-bond donors (Lipinski definition) is 1. The van der Waals surface area contributed by atoms with E-state index in [1.165, 1.54) is 18.3 Å². The van der Waals surface area contributed by atoms with Crippen molar-refractivity contribution in [2.75, 3.05) is 14.2 Å². The molecule has 1 heterocycles. The van der Waals surface area contributed by atoms with Crippen molar-refractivity contribution in [2.24, 2.45) is 0 Å². The molecule has 24 heavy (non-hydrogen) atoms. The van der Waals surface area contributed by atoms with Gasteiger partial charge in [0, 0.05) is 25.4 Å². The summed E-state index contributed by atoms with van der Waals surface area (Å²) in [4.78, 5) is 28.7. The first kappa shape index (κ1) is 17.5. The number of amides is 1. The highest BCUT2D eigenvalue weighted by atomic mass is 16.5. The van der Waals surface area contributed by atoms with Gasteiger partial charge in [-0.3, -0.25) is 4.79 Å². The van der Waals surface area contributed by atoms with E-state index >= 15 is 0 Å². The molecule has 2 rings (SSSR count). The monoisotopic (exact) mass is 328 g/mol. The number of hydrogen-bond acceptors (Lipinski definition) is 4. The van der Waals surface area contributed by atoms with E-state index in [1.807, 2.05) is 26.0 Å². The summed E-state index contributed by atoms with van der Waals surface area (Å²) < 4.78 is 5.34. The van der Waals surface area contributed by atoms with Crippen molar-refractivity contribution in [1.29, 1.82) is 0 Å². The molecule has 2 aromatic rings. The molecular weight excluding hydrogens is 308 g/mol. The van der Waals surface area contributed by atoms with Crippen LogP contribution < -0.4 is 4.74 Å². The van der Waals surface area contributed by atoms with Gasteiger partial charge in [-0.2, -0.15) is 0 Å². The lowest BCUT2D eigenvalue weighted by Gasteiger charge is -2.19. The summed E-state index contributed by atoms with van der Waals surface area (Å²) in [6, 6.07) is 6.75. The summed E-state index contributed by atoms with van der Waals surface area (Å²) in [5, 5.41) is 8.98. The molecule has 6 heteroatoms. The predicted molar refractivity (Wildman–Crippen MR) is 89.5 cm³/mol. The van der Waals surface area contributed by atoms with E-state index in [-0.39, 0.29) is 11.6 Å². The van der Waals surface area contributed by atoms with Gasteiger partial charge in [-0.05, 0) is 42.7 Å². The number of pyridine rings is 1. The van der Waals surface area contributed by atoms with Crippen molar-refractivity contribution in [3.63, 3.8) is 0 Å². The molecule has 0 atom stereocenters. The number of nitrogens with zero attached hydrogens (tertiary/aromatic N) is 2. The molecule has 0 saturated carbocycles. The molecule has 0 bridgehead atoms. The van der Waals surface area contributed by atoms with Crippen LogP contribution in [-0.4, -0.2) is 41.0 Å². The molecule has 1 aromatic heterocycles. The summed E-state index contributed by atoms with van der Waals surface area (Å²) in [6.07, 6.45) is 1.33. The molecule has 0 fully saturated rings. The quantitative estimate of drug-likeness (QED) is 0.913. The molecule has 6 nitrogen and oxygen atoms in total. The van der Waals surface area contributed by atoms with Crippen LogP contribution in [-0.2, 0) is 6.54 Å². The highest BCUT2D eigenvalue weighted by molar-refractivity contribution is 5.96. The second-order valence-electron chi connectivity index (χ2n) is 5.66. The first-order valence-electron chi connectivity index (χ1n) is 7.42. The zero-order valence-corrected chi connectivity index (χ0v) is 14.2. The van der Waals surface area contributed by atoms with Gasteiger partial charge in [0.25, 0.3) is 5.91 Å². The smallest absolute Gasteiger partial charge is 0.354 e. The normalized spacial score (nSPS) is 10.3. The Bertz CT molecular complexity index is 763. The van der Waals surface area contributed by atoms with Crippen LogP contribution in [0.4, 0.5) is 0 Å². The van der Waals surface area contributed by atoms with Crippen LogP contribution in [0.3, 0.4) is 0 Å². The lowest BCUT2D eigenvalue weighted by atomic mass is 10.0. The van der Waals surface area contributed by atoms with Crippen LogP contribution in [0.2, 0.25) is 0 Å². The van der Waals surface area contributed by atoms with E-state index < -0.39 is 5.97 Å². The molecule has 0 aliphatic carbocycles. The van der Waals surface area contributed by atoms with E-state index in [1.54, 1.807) is 19.1 Å². The molecule has 1 aromatic carbocycles. The van der Waals surface area contributed by atoms with Crippen LogP contribution in [0.5, 0.6) is 5.75 Å². The van der Waals surface area contributed by atoms with Crippen LogP contribution in [0.25, 0.3) is 0 Å². The Morgan fingerprint density at radius 2 is 1.83 bits per heavy atom. The maximum absolute atomic E-state index is 12.5. The molecular formula is C18H20N2O4. The highest BCUT2D eigenvalue weighted by Gasteiger charge is 2.16. The van der Waals surface area contributed by atoms with Crippen molar-refractivity contribution in [3.05, 3.63) is 58.4 Å². The fourth-order valence-electron chi connectivity index (χ4n) is 2.70. The molecule has 0 saturated heterocycles. The molecule has 0 spiro atoms. The number of ether oxygens (including phenoxy) is 1. The Balaban J connectivity index is 2.20. The molecule has 0 unspecified atom stereocenters. The maximum Gasteiger partial charge on any atom is 0.354 e. The van der Waals surface area contributed by atoms with Crippen molar-refractivity contribution < 1.29 is 19.4 Å². The second-order valence-corrected chi connectivity index (χ2v) is 5.66. The van der Waals surface area contributed by atoms with Crippen LogP contribution in [0.15, 0.2) is 30.5 Å². The number of benzene rings is 1. The fraction of sp³-hybridized carbons (Fsp3) is 0.278. The van der Waals surface area contributed by atoms with Gasteiger partial charge in [-0.25, -0.2) is 9.78 Å². The van der Waals surface area contributed by atoms with Gasteiger partial charge in [0.15, 0.2) is 0 Å². The zero-order valence-electron chi connectivity index (χ0n) is 14.2. The Labute approximate surface area is 140 Å². The van der Waals surface area contributed by atoms with Crippen LogP contribution in [0, 0.1) is 13.8 Å². The molecule has 0 aliphatic heterocycles. The van der Waals surface area contributed by atoms with Gasteiger partial charge in [0.2, 0.25) is 0 Å². The Kier molecular flexibility index (Phi) is 5.18. The number of carboxylic acids is 1. The van der Waals surface area contributed by atoms with Gasteiger partial charge < -0.3 is 14.7 Å². The summed E-state index contributed by atoms with van der Waals surface area (Å²) in [5.74, 6) is -0.576. The number of methoxy groups -OCH3 is 1. The second kappa shape index (κ2) is 7.12. The van der Waals surface area contributed by atoms with Gasteiger partial charge in [-0.15, -0.1) is 0 Å². The number of carbonyl (C=O) groups is 2. The third-order valence-electron chi connectivity index (χ3n) is 3.72. The number of carboxylic acid groups (broad SMARTS) is 1. The van der Waals surface area contributed by atoms with E-state index in [2.05, 4.69) is 4.98 Å². The lowest BCUT2D eigenvalue weighted by molar-refractivity contribution is 0.0690. The van der Waals surface area contributed by atoms with Crippen molar-refractivity contribution in [2.45, 2.75) is 20.4 Å². The van der Waals surface area contributed by atoms with E-state index in [0.717, 1.165) is 22.4 Å². The number of aryl methyl sites for hydroxylation is 2. The molecule has 1 amide bonds. The molecule has 0 aliphatic rings. The number of aromatic carboxylic acids is 1. The Morgan fingerprint density at radius 1 is 1.21 bits per heavy atom. The topological polar surface area (TPSA) is 79.7 Å². The van der Waals surface area contributed by atoms with Crippen molar-refractivity contribution >= 4 is 11.9 Å².